The van der Waals surface area contributed by atoms with Crippen molar-refractivity contribution >= 4 is 17.8 Å². The molecule has 28 heavy (non-hydrogen) atoms. The van der Waals surface area contributed by atoms with Crippen LogP contribution in [-0.2, 0) is 12.8 Å². The number of hydrogen-bond acceptors (Lipinski definition) is 4. The molecular weight excluding hydrogens is 370 g/mol. The van der Waals surface area contributed by atoms with Crippen molar-refractivity contribution < 1.29 is 4.79 Å². The zero-order chi connectivity index (χ0) is 19.3. The third kappa shape index (κ3) is 4.35. The van der Waals surface area contributed by atoms with Crippen molar-refractivity contribution in [2.75, 3.05) is 6.54 Å². The van der Waals surface area contributed by atoms with Crippen LogP contribution < -0.4 is 5.32 Å². The van der Waals surface area contributed by atoms with Crippen LogP contribution in [0.25, 0.3) is 0 Å². The van der Waals surface area contributed by atoms with Crippen molar-refractivity contribution in [3.05, 3.63) is 41.7 Å². The fourth-order valence-corrected chi connectivity index (χ4v) is 5.12. The predicted molar refractivity (Wildman–Crippen MR) is 111 cm³/mol. The molecule has 6 nitrogen and oxygen atoms in total. The van der Waals surface area contributed by atoms with E-state index in [0.29, 0.717) is 6.04 Å². The monoisotopic (exact) mass is 399 g/mol. The summed E-state index contributed by atoms with van der Waals surface area (Å²) >= 11 is 1.69. The van der Waals surface area contributed by atoms with E-state index in [2.05, 4.69) is 44.3 Å². The van der Waals surface area contributed by atoms with Gasteiger partial charge in [-0.15, -0.1) is 10.2 Å². The van der Waals surface area contributed by atoms with Crippen LogP contribution in [0.2, 0.25) is 0 Å². The van der Waals surface area contributed by atoms with Gasteiger partial charge in [0.15, 0.2) is 11.0 Å². The number of benzene rings is 1. The minimum atomic E-state index is 0.0205. The first-order valence-electron chi connectivity index (χ1n) is 10.4. The highest BCUT2D eigenvalue weighted by Gasteiger charge is 2.34. The Kier molecular flexibility index (Phi) is 6.20. The molecule has 1 aliphatic heterocycles. The first kappa shape index (κ1) is 19.3. The lowest BCUT2D eigenvalue weighted by Crippen LogP contribution is -2.45. The van der Waals surface area contributed by atoms with E-state index < -0.39 is 0 Å². The maximum absolute atomic E-state index is 12.9. The van der Waals surface area contributed by atoms with Crippen molar-refractivity contribution in [3.8, 4) is 0 Å². The zero-order valence-corrected chi connectivity index (χ0v) is 17.3. The highest BCUT2D eigenvalue weighted by molar-refractivity contribution is 7.98. The van der Waals surface area contributed by atoms with E-state index in [1.165, 1.54) is 24.8 Å². The maximum atomic E-state index is 12.9. The van der Waals surface area contributed by atoms with Gasteiger partial charge in [-0.3, -0.25) is 0 Å². The fraction of sp³-hybridized carbons (Fsp3) is 0.571. The smallest absolute Gasteiger partial charge is 0.318 e. The summed E-state index contributed by atoms with van der Waals surface area (Å²) in [6.07, 6.45) is 7.92. The Labute approximate surface area is 171 Å². The standard InChI is InChI=1S/C21H29N5OS/c1-25-19(23-24-21(25)28-15-16-9-4-2-5-10-16)18-13-8-14-26(18)20(27)22-17-11-6-3-7-12-17/h2,4-5,9-10,17-18H,3,6-8,11-15H2,1H3,(H,22,27)/t18-/m0/s1. The first-order chi connectivity index (χ1) is 13.7. The Morgan fingerprint density at radius 2 is 1.89 bits per heavy atom. The van der Waals surface area contributed by atoms with E-state index in [9.17, 15) is 4.79 Å². The first-order valence-corrected chi connectivity index (χ1v) is 11.3. The summed E-state index contributed by atoms with van der Waals surface area (Å²) in [5.41, 5.74) is 1.27. The van der Waals surface area contributed by atoms with Crippen LogP contribution in [0, 0.1) is 0 Å². The molecule has 1 saturated heterocycles. The van der Waals surface area contributed by atoms with Gasteiger partial charge in [-0.25, -0.2) is 4.79 Å². The van der Waals surface area contributed by atoms with Gasteiger partial charge in [-0.2, -0.15) is 0 Å². The Balaban J connectivity index is 1.41. The van der Waals surface area contributed by atoms with Gasteiger partial charge in [0.1, 0.15) is 0 Å². The molecule has 150 valence electrons. The third-order valence-electron chi connectivity index (χ3n) is 5.82. The second-order valence-electron chi connectivity index (χ2n) is 7.81. The van der Waals surface area contributed by atoms with Crippen molar-refractivity contribution in [1.82, 2.24) is 25.0 Å². The minimum absolute atomic E-state index is 0.0205. The van der Waals surface area contributed by atoms with Gasteiger partial charge >= 0.3 is 6.03 Å². The largest absolute Gasteiger partial charge is 0.335 e. The van der Waals surface area contributed by atoms with E-state index in [1.54, 1.807) is 11.8 Å². The normalized spacial score (nSPS) is 20.5. The van der Waals surface area contributed by atoms with Crippen molar-refractivity contribution in [2.45, 2.75) is 67.9 Å². The fourth-order valence-electron chi connectivity index (χ4n) is 4.25. The Bertz CT molecular complexity index is 787. The molecule has 1 N–H and O–H groups in total. The van der Waals surface area contributed by atoms with E-state index in [0.717, 1.165) is 49.0 Å². The second kappa shape index (κ2) is 8.99. The molecule has 1 atom stereocenters. The number of amides is 2. The number of likely N-dealkylation sites (tertiary alicyclic amines) is 1. The van der Waals surface area contributed by atoms with Gasteiger partial charge in [0.2, 0.25) is 0 Å². The summed E-state index contributed by atoms with van der Waals surface area (Å²) in [5.74, 6) is 1.76. The average molecular weight is 400 g/mol. The van der Waals surface area contributed by atoms with Crippen LogP contribution in [0.5, 0.6) is 0 Å². The Morgan fingerprint density at radius 1 is 1.11 bits per heavy atom. The number of carbonyl (C=O) groups is 1. The highest BCUT2D eigenvalue weighted by Crippen LogP contribution is 2.33. The van der Waals surface area contributed by atoms with Gasteiger partial charge in [0.25, 0.3) is 0 Å². The zero-order valence-electron chi connectivity index (χ0n) is 16.5. The number of rotatable bonds is 5. The maximum Gasteiger partial charge on any atom is 0.318 e. The lowest BCUT2D eigenvalue weighted by molar-refractivity contribution is 0.182. The van der Waals surface area contributed by atoms with E-state index in [-0.39, 0.29) is 12.1 Å². The number of nitrogens with one attached hydrogen (secondary N) is 1. The molecule has 1 aliphatic carbocycles. The molecule has 2 heterocycles. The van der Waals surface area contributed by atoms with Crippen molar-refractivity contribution in [2.24, 2.45) is 7.05 Å². The van der Waals surface area contributed by atoms with Crippen LogP contribution in [0.3, 0.4) is 0 Å². The average Bonchev–Trinajstić information content (AvgIpc) is 3.34. The number of aromatic nitrogens is 3. The molecular formula is C21H29N5OS. The van der Waals surface area contributed by atoms with Gasteiger partial charge in [0, 0.05) is 25.4 Å². The van der Waals surface area contributed by atoms with Gasteiger partial charge in [-0.1, -0.05) is 61.4 Å². The van der Waals surface area contributed by atoms with Crippen LogP contribution >= 0.6 is 11.8 Å². The van der Waals surface area contributed by atoms with E-state index in [1.807, 2.05) is 18.0 Å². The third-order valence-corrected chi connectivity index (χ3v) is 6.92. The Hall–Kier alpha value is -2.02. The predicted octanol–water partition coefficient (Wildman–Crippen LogP) is 4.29. The van der Waals surface area contributed by atoms with Crippen LogP contribution in [0.4, 0.5) is 4.79 Å². The summed E-state index contributed by atoms with van der Waals surface area (Å²) in [6, 6.07) is 10.8. The molecule has 4 rings (SSSR count). The second-order valence-corrected chi connectivity index (χ2v) is 8.75. The summed E-state index contributed by atoms with van der Waals surface area (Å²) in [7, 11) is 2.01. The summed E-state index contributed by atoms with van der Waals surface area (Å²) in [6.45, 7) is 0.794. The van der Waals surface area contributed by atoms with Crippen LogP contribution in [-0.4, -0.2) is 38.3 Å². The van der Waals surface area contributed by atoms with E-state index >= 15 is 0 Å². The lowest BCUT2D eigenvalue weighted by atomic mass is 9.96. The molecule has 2 aromatic rings. The number of nitrogens with zero attached hydrogens (tertiary/aromatic N) is 4. The highest BCUT2D eigenvalue weighted by atomic mass is 32.2. The molecule has 1 aromatic carbocycles. The molecule has 0 bridgehead atoms. The molecule has 0 unspecified atom stereocenters. The molecule has 2 aliphatic rings. The Morgan fingerprint density at radius 3 is 2.68 bits per heavy atom. The molecule has 2 fully saturated rings. The molecule has 7 heteroatoms. The summed E-state index contributed by atoms with van der Waals surface area (Å²) < 4.78 is 2.06. The number of hydrogen-bond donors (Lipinski definition) is 1. The molecule has 1 aromatic heterocycles. The number of carbonyl (C=O) groups excluding carboxylic acids is 1. The molecule has 1 saturated carbocycles. The van der Waals surface area contributed by atoms with Gasteiger partial charge < -0.3 is 14.8 Å². The van der Waals surface area contributed by atoms with Gasteiger partial charge in [0.05, 0.1) is 6.04 Å². The van der Waals surface area contributed by atoms with Gasteiger partial charge in [-0.05, 0) is 31.2 Å². The van der Waals surface area contributed by atoms with Crippen molar-refractivity contribution in [1.29, 1.82) is 0 Å². The van der Waals surface area contributed by atoms with Crippen LogP contribution in [0.15, 0.2) is 35.5 Å². The molecule has 2 amide bonds. The lowest BCUT2D eigenvalue weighted by Gasteiger charge is -2.29. The summed E-state index contributed by atoms with van der Waals surface area (Å²) in [5, 5.41) is 13.0. The SMILES string of the molecule is Cn1c(SCc2ccccc2)nnc1[C@@H]1CCCN1C(=O)NC1CCCCC1. The molecule has 0 spiro atoms. The summed E-state index contributed by atoms with van der Waals surface area (Å²) in [4.78, 5) is 14.8. The topological polar surface area (TPSA) is 63.1 Å². The van der Waals surface area contributed by atoms with Crippen molar-refractivity contribution in [3.63, 3.8) is 0 Å². The number of urea groups is 1. The van der Waals surface area contributed by atoms with Crippen LogP contribution in [0.1, 0.15) is 62.4 Å². The number of thioether (sulfide) groups is 1. The quantitative estimate of drug-likeness (QED) is 0.762. The van der Waals surface area contributed by atoms with E-state index in [4.69, 9.17) is 0 Å². The molecule has 0 radical (unpaired) electrons. The minimum Gasteiger partial charge on any atom is -0.335 e.